The van der Waals surface area contributed by atoms with Crippen LogP contribution in [0.15, 0.2) is 36.7 Å². The first kappa shape index (κ1) is 18.8. The highest BCUT2D eigenvalue weighted by Gasteiger charge is 2.39. The highest BCUT2D eigenvalue weighted by Crippen LogP contribution is 2.44. The molecular formula is C21H24N4O2S. The Balaban J connectivity index is 1.58. The Labute approximate surface area is 168 Å². The Morgan fingerprint density at radius 3 is 2.75 bits per heavy atom. The number of nitrogens with zero attached hydrogens (tertiary/aromatic N) is 3. The van der Waals surface area contributed by atoms with Crippen LogP contribution in [-0.4, -0.2) is 26.2 Å². The minimum Gasteiger partial charge on any atom is -0.475 e. The third kappa shape index (κ3) is 4.00. The van der Waals surface area contributed by atoms with Crippen molar-refractivity contribution in [1.29, 1.82) is 0 Å². The van der Waals surface area contributed by atoms with Crippen molar-refractivity contribution in [1.82, 2.24) is 15.0 Å². The van der Waals surface area contributed by atoms with Crippen molar-refractivity contribution in [2.75, 3.05) is 5.32 Å². The van der Waals surface area contributed by atoms with Crippen LogP contribution >= 0.6 is 11.3 Å². The van der Waals surface area contributed by atoms with Crippen LogP contribution in [0.25, 0.3) is 10.4 Å². The molecule has 6 nitrogen and oxygen atoms in total. The summed E-state index contributed by atoms with van der Waals surface area (Å²) in [6.45, 7) is 5.98. The monoisotopic (exact) mass is 396 g/mol. The lowest BCUT2D eigenvalue weighted by Gasteiger charge is -2.34. The molecule has 1 aromatic carbocycles. The second kappa shape index (κ2) is 7.48. The number of thiazole rings is 1. The number of benzene rings is 1. The standard InChI is InChI=1S/C21H24N4O2S/c1-13(2)27-18-5-8-22-20(25-18)24-16-10-14(3)9-15(11-16)17-12-23-19(28-17)21(26)6-4-7-21/h5,8-13,26H,4,6-7H2,1-3H3,(H,22,24,25). The SMILES string of the molecule is Cc1cc(Nc2nccc(OC(C)C)n2)cc(-c2cnc(C3(O)CCC3)s2)c1. The molecule has 0 aliphatic heterocycles. The number of aliphatic hydroxyl groups is 1. The van der Waals surface area contributed by atoms with E-state index in [-0.39, 0.29) is 6.10 Å². The molecule has 0 unspecified atom stereocenters. The molecule has 0 amide bonds. The molecule has 0 saturated heterocycles. The zero-order valence-electron chi connectivity index (χ0n) is 16.3. The summed E-state index contributed by atoms with van der Waals surface area (Å²) in [7, 11) is 0. The van der Waals surface area contributed by atoms with Crippen molar-refractivity contribution in [2.24, 2.45) is 0 Å². The van der Waals surface area contributed by atoms with Gasteiger partial charge in [0.15, 0.2) is 0 Å². The van der Waals surface area contributed by atoms with Crippen molar-refractivity contribution in [3.05, 3.63) is 47.2 Å². The van der Waals surface area contributed by atoms with Gasteiger partial charge in [-0.2, -0.15) is 4.98 Å². The van der Waals surface area contributed by atoms with Crippen molar-refractivity contribution in [3.63, 3.8) is 0 Å². The van der Waals surface area contributed by atoms with Gasteiger partial charge in [0.2, 0.25) is 11.8 Å². The predicted molar refractivity (Wildman–Crippen MR) is 111 cm³/mol. The number of rotatable bonds is 6. The summed E-state index contributed by atoms with van der Waals surface area (Å²) < 4.78 is 5.64. The van der Waals surface area contributed by atoms with E-state index in [4.69, 9.17) is 4.74 Å². The van der Waals surface area contributed by atoms with E-state index < -0.39 is 5.60 Å². The Morgan fingerprint density at radius 2 is 2.04 bits per heavy atom. The summed E-state index contributed by atoms with van der Waals surface area (Å²) in [6.07, 6.45) is 6.24. The topological polar surface area (TPSA) is 80.2 Å². The van der Waals surface area contributed by atoms with Gasteiger partial charge in [-0.1, -0.05) is 6.07 Å². The lowest BCUT2D eigenvalue weighted by molar-refractivity contribution is -0.0389. The van der Waals surface area contributed by atoms with Gasteiger partial charge in [-0.15, -0.1) is 11.3 Å². The van der Waals surface area contributed by atoms with Crippen LogP contribution in [0.3, 0.4) is 0 Å². The van der Waals surface area contributed by atoms with Crippen molar-refractivity contribution < 1.29 is 9.84 Å². The van der Waals surface area contributed by atoms with Gasteiger partial charge in [0.25, 0.3) is 0 Å². The van der Waals surface area contributed by atoms with Crippen LogP contribution in [0.5, 0.6) is 5.88 Å². The minimum atomic E-state index is -0.724. The maximum absolute atomic E-state index is 10.5. The van der Waals surface area contributed by atoms with E-state index in [0.717, 1.165) is 46.0 Å². The molecule has 0 spiro atoms. The van der Waals surface area contributed by atoms with Crippen molar-refractivity contribution >= 4 is 23.0 Å². The molecule has 7 heteroatoms. The van der Waals surface area contributed by atoms with Crippen LogP contribution in [0, 0.1) is 6.92 Å². The fourth-order valence-corrected chi connectivity index (χ4v) is 4.23. The predicted octanol–water partition coefficient (Wildman–Crippen LogP) is 4.81. The molecule has 1 aliphatic rings. The summed E-state index contributed by atoms with van der Waals surface area (Å²) in [6, 6.07) is 7.96. The summed E-state index contributed by atoms with van der Waals surface area (Å²) in [5.74, 6) is 1.03. The van der Waals surface area contributed by atoms with Crippen LogP contribution in [0.1, 0.15) is 43.7 Å². The zero-order valence-corrected chi connectivity index (χ0v) is 17.1. The lowest BCUT2D eigenvalue weighted by atomic mass is 9.81. The smallest absolute Gasteiger partial charge is 0.230 e. The van der Waals surface area contributed by atoms with E-state index in [0.29, 0.717) is 11.8 Å². The van der Waals surface area contributed by atoms with Gasteiger partial charge in [0.05, 0.1) is 11.0 Å². The van der Waals surface area contributed by atoms with Crippen molar-refractivity contribution in [2.45, 2.75) is 51.7 Å². The van der Waals surface area contributed by atoms with Crippen LogP contribution in [-0.2, 0) is 5.60 Å². The molecule has 3 aromatic rings. The molecule has 2 heterocycles. The summed E-state index contributed by atoms with van der Waals surface area (Å²) >= 11 is 1.56. The third-order valence-electron chi connectivity index (χ3n) is 4.69. The van der Waals surface area contributed by atoms with E-state index in [2.05, 4.69) is 39.3 Å². The maximum atomic E-state index is 10.5. The molecule has 28 heavy (non-hydrogen) atoms. The fraction of sp³-hybridized carbons (Fsp3) is 0.381. The van der Waals surface area contributed by atoms with Gasteiger partial charge in [-0.3, -0.25) is 0 Å². The second-order valence-electron chi connectivity index (χ2n) is 7.51. The number of anilines is 2. The van der Waals surface area contributed by atoms with Gasteiger partial charge in [-0.05, 0) is 63.3 Å². The number of nitrogens with one attached hydrogen (secondary N) is 1. The van der Waals surface area contributed by atoms with Crippen LogP contribution in [0.2, 0.25) is 0 Å². The van der Waals surface area contributed by atoms with Gasteiger partial charge >= 0.3 is 0 Å². The van der Waals surface area contributed by atoms with Crippen LogP contribution < -0.4 is 10.1 Å². The number of aromatic nitrogens is 3. The van der Waals surface area contributed by atoms with Crippen molar-refractivity contribution in [3.8, 4) is 16.3 Å². The quantitative estimate of drug-likeness (QED) is 0.622. The summed E-state index contributed by atoms with van der Waals surface area (Å²) in [5.41, 5.74) is 2.35. The first-order valence-corrected chi connectivity index (χ1v) is 10.3. The van der Waals surface area contributed by atoms with Gasteiger partial charge in [0.1, 0.15) is 10.6 Å². The molecule has 1 fully saturated rings. The number of aryl methyl sites for hydroxylation is 1. The highest BCUT2D eigenvalue weighted by molar-refractivity contribution is 7.15. The van der Waals surface area contributed by atoms with Crippen LogP contribution in [0.4, 0.5) is 11.6 Å². The zero-order chi connectivity index (χ0) is 19.7. The Hall–Kier alpha value is -2.51. The minimum absolute atomic E-state index is 0.0549. The second-order valence-corrected chi connectivity index (χ2v) is 8.54. The molecule has 146 valence electrons. The van der Waals surface area contributed by atoms with Gasteiger partial charge < -0.3 is 15.2 Å². The van der Waals surface area contributed by atoms with E-state index in [1.54, 1.807) is 23.6 Å². The molecule has 0 radical (unpaired) electrons. The summed E-state index contributed by atoms with van der Waals surface area (Å²) in [5, 5.41) is 14.6. The molecule has 1 saturated carbocycles. The Morgan fingerprint density at radius 1 is 1.21 bits per heavy atom. The van der Waals surface area contributed by atoms with E-state index in [1.165, 1.54) is 0 Å². The molecule has 4 rings (SSSR count). The first-order valence-electron chi connectivity index (χ1n) is 9.49. The third-order valence-corrected chi connectivity index (χ3v) is 5.93. The average molecular weight is 397 g/mol. The van der Waals surface area contributed by atoms with Gasteiger partial charge in [-0.25, -0.2) is 9.97 Å². The number of ether oxygens (including phenoxy) is 1. The average Bonchev–Trinajstić information content (AvgIpc) is 3.09. The first-order chi connectivity index (χ1) is 13.4. The molecule has 1 aliphatic carbocycles. The molecule has 0 atom stereocenters. The molecule has 2 aromatic heterocycles. The number of hydrogen-bond acceptors (Lipinski definition) is 7. The highest BCUT2D eigenvalue weighted by atomic mass is 32.1. The molecule has 0 bridgehead atoms. The largest absolute Gasteiger partial charge is 0.475 e. The Kier molecular flexibility index (Phi) is 5.03. The lowest BCUT2D eigenvalue weighted by Crippen LogP contribution is -2.33. The number of hydrogen-bond donors (Lipinski definition) is 2. The van der Waals surface area contributed by atoms with E-state index in [9.17, 15) is 5.11 Å². The fourth-order valence-electron chi connectivity index (χ4n) is 3.18. The molecular weight excluding hydrogens is 372 g/mol. The maximum Gasteiger partial charge on any atom is 0.230 e. The van der Waals surface area contributed by atoms with Gasteiger partial charge in [0, 0.05) is 24.1 Å². The van der Waals surface area contributed by atoms with E-state index in [1.807, 2.05) is 26.1 Å². The van der Waals surface area contributed by atoms with E-state index >= 15 is 0 Å². The molecule has 2 N–H and O–H groups in total. The Bertz CT molecular complexity index is 982. The normalized spacial score (nSPS) is 15.3. The summed E-state index contributed by atoms with van der Waals surface area (Å²) in [4.78, 5) is 14.2.